The molecule has 1 heterocycles. The molecule has 6 nitrogen and oxygen atoms in total. The van der Waals surface area contributed by atoms with Crippen molar-refractivity contribution in [3.05, 3.63) is 29.3 Å². The number of phenolic OH excluding ortho intramolecular Hbond substituents is 1. The first-order valence-electron chi connectivity index (χ1n) is 9.08. The topological polar surface area (TPSA) is 72.9 Å². The lowest BCUT2D eigenvalue weighted by Gasteiger charge is -2.34. The second-order valence-electron chi connectivity index (χ2n) is 7.34. The van der Waals surface area contributed by atoms with Gasteiger partial charge in [-0.1, -0.05) is 19.9 Å². The molecule has 0 bridgehead atoms. The monoisotopic (exact) mass is 345 g/mol. The summed E-state index contributed by atoms with van der Waals surface area (Å²) < 4.78 is 0. The van der Waals surface area contributed by atoms with Crippen LogP contribution in [-0.2, 0) is 4.79 Å². The molecule has 2 fully saturated rings. The van der Waals surface area contributed by atoms with Gasteiger partial charge in [0.15, 0.2) is 0 Å². The summed E-state index contributed by atoms with van der Waals surface area (Å²) in [5.41, 5.74) is 1.41. The van der Waals surface area contributed by atoms with Crippen molar-refractivity contribution in [1.29, 1.82) is 0 Å². The Kier molecular flexibility index (Phi) is 5.27. The van der Waals surface area contributed by atoms with Crippen LogP contribution in [0.1, 0.15) is 48.5 Å². The first-order valence-corrected chi connectivity index (χ1v) is 9.08. The van der Waals surface area contributed by atoms with E-state index in [1.807, 2.05) is 6.07 Å². The third-order valence-electron chi connectivity index (χ3n) is 4.89. The van der Waals surface area contributed by atoms with Gasteiger partial charge in [-0.2, -0.15) is 0 Å². The number of aromatic hydroxyl groups is 1. The average Bonchev–Trinajstić information content (AvgIpc) is 3.39. The van der Waals surface area contributed by atoms with Gasteiger partial charge >= 0.3 is 0 Å². The molecule has 3 rings (SSSR count). The standard InChI is InChI=1S/C19H27N3O3/c1-13(2)14-3-6-17(23)16(11-14)19(25)22-9-7-21(8-10-22)12-18(24)20-15-4-5-15/h3,6,11,13,15,23H,4-5,7-10,12H2,1-2H3,(H,20,24). The van der Waals surface area contributed by atoms with Gasteiger partial charge < -0.3 is 15.3 Å². The highest BCUT2D eigenvalue weighted by atomic mass is 16.3. The zero-order chi connectivity index (χ0) is 18.0. The molecule has 2 aliphatic rings. The predicted octanol–water partition coefficient (Wildman–Crippen LogP) is 1.55. The van der Waals surface area contributed by atoms with Crippen molar-refractivity contribution in [3.63, 3.8) is 0 Å². The van der Waals surface area contributed by atoms with Crippen LogP contribution in [0.25, 0.3) is 0 Å². The van der Waals surface area contributed by atoms with Crippen LogP contribution in [0.3, 0.4) is 0 Å². The molecule has 136 valence electrons. The van der Waals surface area contributed by atoms with E-state index in [0.717, 1.165) is 18.4 Å². The first-order chi connectivity index (χ1) is 11.9. The number of nitrogens with zero attached hydrogens (tertiary/aromatic N) is 2. The second kappa shape index (κ2) is 7.44. The fraction of sp³-hybridized carbons (Fsp3) is 0.579. The fourth-order valence-corrected chi connectivity index (χ4v) is 3.07. The molecular weight excluding hydrogens is 318 g/mol. The van der Waals surface area contributed by atoms with E-state index in [1.54, 1.807) is 17.0 Å². The van der Waals surface area contributed by atoms with Crippen molar-refractivity contribution in [2.75, 3.05) is 32.7 Å². The highest BCUT2D eigenvalue weighted by Gasteiger charge is 2.27. The normalized spacial score (nSPS) is 18.4. The van der Waals surface area contributed by atoms with Gasteiger partial charge in [-0.15, -0.1) is 0 Å². The third kappa shape index (κ3) is 4.51. The lowest BCUT2D eigenvalue weighted by Crippen LogP contribution is -2.51. The van der Waals surface area contributed by atoms with Gasteiger partial charge in [0.25, 0.3) is 5.91 Å². The van der Waals surface area contributed by atoms with Crippen LogP contribution in [0.4, 0.5) is 0 Å². The number of phenols is 1. The Morgan fingerprint density at radius 3 is 2.48 bits per heavy atom. The van der Waals surface area contributed by atoms with Crippen molar-refractivity contribution >= 4 is 11.8 Å². The zero-order valence-electron chi connectivity index (χ0n) is 15.0. The summed E-state index contributed by atoms with van der Waals surface area (Å²) in [6.07, 6.45) is 2.18. The lowest BCUT2D eigenvalue weighted by atomic mass is 9.99. The van der Waals surface area contributed by atoms with Gasteiger partial charge in [0.05, 0.1) is 12.1 Å². The van der Waals surface area contributed by atoms with Crippen LogP contribution in [0, 0.1) is 0 Å². The Hall–Kier alpha value is -2.08. The van der Waals surface area contributed by atoms with Gasteiger partial charge in [-0.05, 0) is 36.5 Å². The molecular formula is C19H27N3O3. The summed E-state index contributed by atoms with van der Waals surface area (Å²) in [4.78, 5) is 28.5. The van der Waals surface area contributed by atoms with Crippen molar-refractivity contribution in [2.24, 2.45) is 0 Å². The van der Waals surface area contributed by atoms with Crippen LogP contribution < -0.4 is 5.32 Å². The number of nitrogens with one attached hydrogen (secondary N) is 1. The summed E-state index contributed by atoms with van der Waals surface area (Å²) in [5.74, 6) is 0.265. The zero-order valence-corrected chi connectivity index (χ0v) is 15.0. The summed E-state index contributed by atoms with van der Waals surface area (Å²) >= 11 is 0. The minimum absolute atomic E-state index is 0.0284. The Labute approximate surface area is 148 Å². The minimum Gasteiger partial charge on any atom is -0.507 e. The Bertz CT molecular complexity index is 647. The number of rotatable bonds is 5. The number of amides is 2. The molecule has 0 unspecified atom stereocenters. The van der Waals surface area contributed by atoms with Gasteiger partial charge in [-0.25, -0.2) is 0 Å². The molecule has 0 aromatic heterocycles. The summed E-state index contributed by atoms with van der Waals surface area (Å²) in [7, 11) is 0. The highest BCUT2D eigenvalue weighted by molar-refractivity contribution is 5.97. The van der Waals surface area contributed by atoms with E-state index in [1.165, 1.54) is 0 Å². The van der Waals surface area contributed by atoms with E-state index < -0.39 is 0 Å². The quantitative estimate of drug-likeness (QED) is 0.849. The number of hydrogen-bond donors (Lipinski definition) is 2. The molecule has 1 aromatic carbocycles. The SMILES string of the molecule is CC(C)c1ccc(O)c(C(=O)N2CCN(CC(=O)NC3CC3)CC2)c1. The smallest absolute Gasteiger partial charge is 0.257 e. The fourth-order valence-electron chi connectivity index (χ4n) is 3.07. The van der Waals surface area contributed by atoms with Crippen LogP contribution in [0.15, 0.2) is 18.2 Å². The number of piperazine rings is 1. The Balaban J connectivity index is 1.56. The van der Waals surface area contributed by atoms with E-state index in [2.05, 4.69) is 24.1 Å². The summed E-state index contributed by atoms with van der Waals surface area (Å²) in [6, 6.07) is 5.62. The van der Waals surface area contributed by atoms with Crippen LogP contribution in [-0.4, -0.2) is 65.5 Å². The van der Waals surface area contributed by atoms with Crippen molar-refractivity contribution < 1.29 is 14.7 Å². The van der Waals surface area contributed by atoms with Crippen LogP contribution in [0.2, 0.25) is 0 Å². The van der Waals surface area contributed by atoms with Gasteiger partial charge in [-0.3, -0.25) is 14.5 Å². The number of carbonyl (C=O) groups excluding carboxylic acids is 2. The molecule has 1 saturated heterocycles. The highest BCUT2D eigenvalue weighted by Crippen LogP contribution is 2.25. The molecule has 0 spiro atoms. The van der Waals surface area contributed by atoms with Crippen LogP contribution >= 0.6 is 0 Å². The maximum atomic E-state index is 12.7. The van der Waals surface area contributed by atoms with Crippen molar-refractivity contribution in [3.8, 4) is 5.75 Å². The molecule has 6 heteroatoms. The van der Waals surface area contributed by atoms with E-state index in [-0.39, 0.29) is 17.6 Å². The number of carbonyl (C=O) groups is 2. The number of hydrogen-bond acceptors (Lipinski definition) is 4. The lowest BCUT2D eigenvalue weighted by molar-refractivity contribution is -0.122. The second-order valence-corrected chi connectivity index (χ2v) is 7.34. The average molecular weight is 345 g/mol. The van der Waals surface area contributed by atoms with E-state index in [4.69, 9.17) is 0 Å². The summed E-state index contributed by atoms with van der Waals surface area (Å²) in [5, 5.41) is 13.1. The summed E-state index contributed by atoms with van der Waals surface area (Å²) in [6.45, 7) is 7.01. The maximum absolute atomic E-state index is 12.7. The number of benzene rings is 1. The molecule has 0 radical (unpaired) electrons. The predicted molar refractivity (Wildman–Crippen MR) is 95.7 cm³/mol. The van der Waals surface area contributed by atoms with E-state index in [9.17, 15) is 14.7 Å². The van der Waals surface area contributed by atoms with Gasteiger partial charge in [0, 0.05) is 32.2 Å². The van der Waals surface area contributed by atoms with Crippen LogP contribution in [0.5, 0.6) is 5.75 Å². The molecule has 1 aliphatic heterocycles. The first kappa shape index (κ1) is 17.7. The van der Waals surface area contributed by atoms with Crippen molar-refractivity contribution in [2.45, 2.75) is 38.6 Å². The molecule has 2 amide bonds. The van der Waals surface area contributed by atoms with Crippen molar-refractivity contribution in [1.82, 2.24) is 15.1 Å². The van der Waals surface area contributed by atoms with Gasteiger partial charge in [0.2, 0.25) is 5.91 Å². The molecule has 1 saturated carbocycles. The molecule has 1 aliphatic carbocycles. The molecule has 0 atom stereocenters. The molecule has 1 aromatic rings. The maximum Gasteiger partial charge on any atom is 0.257 e. The molecule has 25 heavy (non-hydrogen) atoms. The van der Waals surface area contributed by atoms with Gasteiger partial charge in [0.1, 0.15) is 5.75 Å². The third-order valence-corrected chi connectivity index (χ3v) is 4.89. The Morgan fingerprint density at radius 1 is 1.20 bits per heavy atom. The van der Waals surface area contributed by atoms with E-state index in [0.29, 0.717) is 50.2 Å². The largest absolute Gasteiger partial charge is 0.507 e. The minimum atomic E-state index is -0.137. The molecule has 2 N–H and O–H groups in total. The Morgan fingerprint density at radius 2 is 1.88 bits per heavy atom. The van der Waals surface area contributed by atoms with E-state index >= 15 is 0 Å².